The van der Waals surface area contributed by atoms with Gasteiger partial charge in [-0.1, -0.05) is 15.9 Å². The van der Waals surface area contributed by atoms with E-state index < -0.39 is 0 Å². The van der Waals surface area contributed by atoms with Crippen LogP contribution < -0.4 is 5.32 Å². The third-order valence-electron chi connectivity index (χ3n) is 2.21. The molecule has 2 nitrogen and oxygen atoms in total. The molecule has 0 aliphatic carbocycles. The quantitative estimate of drug-likeness (QED) is 0.630. The monoisotopic (exact) mass is 357 g/mol. The summed E-state index contributed by atoms with van der Waals surface area (Å²) < 4.78 is 1.72. The normalized spacial score (nSPS) is 9.71. The highest BCUT2D eigenvalue weighted by molar-refractivity contribution is 9.11. The molecule has 0 aliphatic heterocycles. The van der Waals surface area contributed by atoms with E-state index in [0.717, 1.165) is 28.2 Å². The van der Waals surface area contributed by atoms with Gasteiger partial charge in [0.1, 0.15) is 0 Å². The van der Waals surface area contributed by atoms with Crippen molar-refractivity contribution in [2.45, 2.75) is 19.3 Å². The fourth-order valence-corrected chi connectivity index (χ4v) is 2.55. The van der Waals surface area contributed by atoms with Gasteiger partial charge in [0.05, 0.1) is 5.56 Å². The molecular formula is C13H13Br2NO. The zero-order chi connectivity index (χ0) is 12.7. The van der Waals surface area contributed by atoms with Crippen molar-refractivity contribution >= 4 is 37.8 Å². The van der Waals surface area contributed by atoms with Crippen molar-refractivity contribution in [1.82, 2.24) is 5.32 Å². The van der Waals surface area contributed by atoms with Crippen LogP contribution in [0.4, 0.5) is 0 Å². The summed E-state index contributed by atoms with van der Waals surface area (Å²) >= 11 is 6.71. The van der Waals surface area contributed by atoms with Crippen LogP contribution in [-0.4, -0.2) is 12.5 Å². The van der Waals surface area contributed by atoms with Crippen LogP contribution in [0.3, 0.4) is 0 Å². The van der Waals surface area contributed by atoms with Gasteiger partial charge in [0.25, 0.3) is 5.91 Å². The van der Waals surface area contributed by atoms with Gasteiger partial charge in [0, 0.05) is 21.9 Å². The van der Waals surface area contributed by atoms with Crippen LogP contribution in [-0.2, 0) is 0 Å². The van der Waals surface area contributed by atoms with Crippen LogP contribution in [0.1, 0.15) is 29.6 Å². The summed E-state index contributed by atoms with van der Waals surface area (Å²) in [6.45, 7) is 0.656. The van der Waals surface area contributed by atoms with E-state index >= 15 is 0 Å². The van der Waals surface area contributed by atoms with Gasteiger partial charge < -0.3 is 5.32 Å². The number of halogens is 2. The molecule has 0 heterocycles. The van der Waals surface area contributed by atoms with E-state index in [0.29, 0.717) is 12.1 Å². The van der Waals surface area contributed by atoms with Gasteiger partial charge in [-0.2, -0.15) is 0 Å². The second kappa shape index (κ2) is 7.52. The number of terminal acetylenes is 1. The Morgan fingerprint density at radius 1 is 1.35 bits per heavy atom. The summed E-state index contributed by atoms with van der Waals surface area (Å²) in [5, 5.41) is 2.87. The smallest absolute Gasteiger partial charge is 0.252 e. The molecule has 1 rings (SSSR count). The second-order valence-corrected chi connectivity index (χ2v) is 5.31. The molecule has 0 saturated carbocycles. The van der Waals surface area contributed by atoms with Crippen LogP contribution >= 0.6 is 31.9 Å². The molecule has 1 N–H and O–H groups in total. The lowest BCUT2D eigenvalue weighted by Gasteiger charge is -2.06. The molecule has 1 aromatic carbocycles. The molecule has 1 amide bonds. The molecule has 90 valence electrons. The first-order chi connectivity index (χ1) is 8.15. The van der Waals surface area contributed by atoms with E-state index in [1.165, 1.54) is 0 Å². The van der Waals surface area contributed by atoms with Crippen molar-refractivity contribution in [2.75, 3.05) is 6.54 Å². The predicted molar refractivity (Wildman–Crippen MR) is 76.9 cm³/mol. The maximum Gasteiger partial charge on any atom is 0.252 e. The Bertz CT molecular complexity index is 438. The summed E-state index contributed by atoms with van der Waals surface area (Å²) in [7, 11) is 0. The minimum absolute atomic E-state index is 0.0647. The lowest BCUT2D eigenvalue weighted by Crippen LogP contribution is -2.24. The highest BCUT2D eigenvalue weighted by atomic mass is 79.9. The Morgan fingerprint density at radius 2 is 2.12 bits per heavy atom. The third kappa shape index (κ3) is 4.93. The minimum Gasteiger partial charge on any atom is -0.352 e. The van der Waals surface area contributed by atoms with E-state index in [1.54, 1.807) is 6.07 Å². The number of unbranched alkanes of at least 4 members (excludes halogenated alkanes) is 2. The number of benzene rings is 1. The number of nitrogens with one attached hydrogen (secondary N) is 1. The van der Waals surface area contributed by atoms with Crippen LogP contribution in [0.5, 0.6) is 0 Å². The number of hydrogen-bond donors (Lipinski definition) is 1. The molecular weight excluding hydrogens is 346 g/mol. The fraction of sp³-hybridized carbons (Fsp3) is 0.308. The molecule has 0 bridgehead atoms. The first-order valence-electron chi connectivity index (χ1n) is 5.32. The summed E-state index contributed by atoms with van der Waals surface area (Å²) in [5.41, 5.74) is 0.644. The first-order valence-corrected chi connectivity index (χ1v) is 6.90. The van der Waals surface area contributed by atoms with Crippen molar-refractivity contribution in [3.05, 3.63) is 32.7 Å². The van der Waals surface area contributed by atoms with E-state index in [-0.39, 0.29) is 5.91 Å². The molecule has 4 heteroatoms. The highest BCUT2D eigenvalue weighted by Crippen LogP contribution is 2.21. The Balaban J connectivity index is 2.45. The van der Waals surface area contributed by atoms with Crippen molar-refractivity contribution in [2.24, 2.45) is 0 Å². The Kier molecular flexibility index (Phi) is 6.31. The lowest BCUT2D eigenvalue weighted by molar-refractivity contribution is 0.0952. The molecule has 1 aromatic rings. The lowest BCUT2D eigenvalue weighted by atomic mass is 10.2. The predicted octanol–water partition coefficient (Wildman–Crippen LogP) is 3.74. The van der Waals surface area contributed by atoms with Crippen molar-refractivity contribution in [3.8, 4) is 12.3 Å². The molecule has 0 atom stereocenters. The average molecular weight is 359 g/mol. The van der Waals surface area contributed by atoms with Gasteiger partial charge in [-0.3, -0.25) is 4.79 Å². The largest absolute Gasteiger partial charge is 0.352 e. The number of carbonyl (C=O) groups excluding carboxylic acids is 1. The molecule has 0 spiro atoms. The summed E-state index contributed by atoms with van der Waals surface area (Å²) in [6, 6.07) is 5.48. The van der Waals surface area contributed by atoms with E-state index in [4.69, 9.17) is 6.42 Å². The molecule has 0 saturated heterocycles. The highest BCUT2D eigenvalue weighted by Gasteiger charge is 2.09. The van der Waals surface area contributed by atoms with Crippen LogP contribution in [0, 0.1) is 12.3 Å². The number of carbonyl (C=O) groups is 1. The van der Waals surface area contributed by atoms with Crippen LogP contribution in [0.25, 0.3) is 0 Å². The molecule has 0 aromatic heterocycles. The zero-order valence-electron chi connectivity index (χ0n) is 9.30. The van der Waals surface area contributed by atoms with Gasteiger partial charge in [0.15, 0.2) is 0 Å². The van der Waals surface area contributed by atoms with Gasteiger partial charge in [0.2, 0.25) is 0 Å². The summed E-state index contributed by atoms with van der Waals surface area (Å²) in [4.78, 5) is 11.8. The molecule has 17 heavy (non-hydrogen) atoms. The second-order valence-electron chi connectivity index (χ2n) is 3.54. The number of rotatable bonds is 5. The standard InChI is InChI=1S/C13H13Br2NO/c1-2-3-4-5-8-16-13(17)11-7-6-10(14)9-12(11)15/h1,6-7,9H,3-5,8H2,(H,16,17). The SMILES string of the molecule is C#CCCCCNC(=O)c1ccc(Br)cc1Br. The molecule has 0 aliphatic rings. The molecule has 0 radical (unpaired) electrons. The minimum atomic E-state index is -0.0647. The topological polar surface area (TPSA) is 29.1 Å². The average Bonchev–Trinajstić information content (AvgIpc) is 2.28. The number of amides is 1. The maximum atomic E-state index is 11.8. The van der Waals surface area contributed by atoms with Crippen molar-refractivity contribution in [3.63, 3.8) is 0 Å². The fourth-order valence-electron chi connectivity index (χ4n) is 1.32. The zero-order valence-corrected chi connectivity index (χ0v) is 12.5. The Hall–Kier alpha value is -0.790. The van der Waals surface area contributed by atoms with E-state index in [9.17, 15) is 4.79 Å². The van der Waals surface area contributed by atoms with Gasteiger partial charge in [-0.15, -0.1) is 12.3 Å². The van der Waals surface area contributed by atoms with E-state index in [1.807, 2.05) is 12.1 Å². The summed E-state index contributed by atoms with van der Waals surface area (Å²) in [5.74, 6) is 2.51. The maximum absolute atomic E-state index is 11.8. The van der Waals surface area contributed by atoms with E-state index in [2.05, 4.69) is 43.1 Å². The molecule has 0 fully saturated rings. The van der Waals surface area contributed by atoms with Gasteiger partial charge in [-0.25, -0.2) is 0 Å². The third-order valence-corrected chi connectivity index (χ3v) is 3.36. The molecule has 0 unspecified atom stereocenters. The number of hydrogen-bond acceptors (Lipinski definition) is 1. The first kappa shape index (κ1) is 14.3. The Labute approximate surface area is 118 Å². The van der Waals surface area contributed by atoms with Crippen molar-refractivity contribution in [1.29, 1.82) is 0 Å². The van der Waals surface area contributed by atoms with Crippen molar-refractivity contribution < 1.29 is 4.79 Å². The van der Waals surface area contributed by atoms with Crippen LogP contribution in [0.15, 0.2) is 27.1 Å². The Morgan fingerprint density at radius 3 is 2.76 bits per heavy atom. The van der Waals surface area contributed by atoms with Gasteiger partial charge >= 0.3 is 0 Å². The van der Waals surface area contributed by atoms with Gasteiger partial charge in [-0.05, 0) is 47.0 Å². The van der Waals surface area contributed by atoms with Crippen LogP contribution in [0.2, 0.25) is 0 Å². The summed E-state index contributed by atoms with van der Waals surface area (Å²) in [6.07, 6.45) is 7.76.